The van der Waals surface area contributed by atoms with Crippen molar-refractivity contribution < 1.29 is 38.9 Å². The number of benzene rings is 1. The van der Waals surface area contributed by atoms with Gasteiger partial charge in [-0.05, 0) is 29.8 Å². The van der Waals surface area contributed by atoms with Gasteiger partial charge in [-0.25, -0.2) is 14.4 Å². The van der Waals surface area contributed by atoms with Crippen molar-refractivity contribution >= 4 is 24.0 Å². The van der Waals surface area contributed by atoms with Gasteiger partial charge in [0.1, 0.15) is 24.1 Å². The topological polar surface area (TPSA) is 188 Å². The number of nitrogens with zero attached hydrogens (tertiary/aromatic N) is 1. The average Bonchev–Trinajstić information content (AvgIpc) is 2.83. The van der Waals surface area contributed by atoms with Gasteiger partial charge in [0, 0.05) is 31.5 Å². The van der Waals surface area contributed by atoms with Crippen LogP contribution in [0, 0.1) is 0 Å². The molecule has 34 heavy (non-hydrogen) atoms. The zero-order valence-corrected chi connectivity index (χ0v) is 18.2. The van der Waals surface area contributed by atoms with Crippen LogP contribution in [0.5, 0.6) is 11.5 Å². The molecule has 1 heterocycles. The average molecular weight is 475 g/mol. The number of carbonyl (C=O) groups excluding carboxylic acids is 3. The fraction of sp³-hybridized carbons (Fsp3) is 0.286. The lowest BCUT2D eigenvalue weighted by Gasteiger charge is -2.15. The minimum Gasteiger partial charge on any atom is -0.507 e. The highest BCUT2D eigenvalue weighted by atomic mass is 16.5. The summed E-state index contributed by atoms with van der Waals surface area (Å²) in [6, 6.07) is 5.69. The van der Waals surface area contributed by atoms with Gasteiger partial charge in [-0.15, -0.1) is 0 Å². The Morgan fingerprint density at radius 3 is 2.44 bits per heavy atom. The number of ether oxygens (including phenoxy) is 2. The summed E-state index contributed by atoms with van der Waals surface area (Å²) < 4.78 is 9.77. The van der Waals surface area contributed by atoms with Gasteiger partial charge in [0.25, 0.3) is 5.91 Å². The molecule has 0 aliphatic heterocycles. The molecule has 0 fully saturated rings. The van der Waals surface area contributed by atoms with Crippen LogP contribution in [0.15, 0.2) is 42.7 Å². The second-order valence-electron chi connectivity index (χ2n) is 6.73. The smallest absolute Gasteiger partial charge is 0.407 e. The molecule has 1 aromatic heterocycles. The van der Waals surface area contributed by atoms with Crippen molar-refractivity contribution in [1.82, 2.24) is 26.3 Å². The summed E-state index contributed by atoms with van der Waals surface area (Å²) in [6.07, 6.45) is 2.29. The zero-order valence-electron chi connectivity index (χ0n) is 18.2. The SMILES string of the molecule is COC(=O)N[C@@H](CNC(=O)c1ccc(OCCNC(=O)NCc2ccncc2)cc1O)C(=O)O. The molecule has 0 radical (unpaired) electrons. The number of urea groups is 1. The maximum Gasteiger partial charge on any atom is 0.407 e. The standard InChI is InChI=1S/C21H25N5O8/c1-33-21(32)26-16(19(29)30)12-24-18(28)15-3-2-14(10-17(15)27)34-9-8-23-20(31)25-11-13-4-6-22-7-5-13/h2-7,10,16,27H,8-9,11-12H2,1H3,(H,24,28)(H,26,32)(H,29,30)(H2,23,25,31)/t16-/m0/s1. The van der Waals surface area contributed by atoms with E-state index in [-0.39, 0.29) is 30.5 Å². The molecule has 0 aliphatic carbocycles. The molecule has 0 bridgehead atoms. The maximum absolute atomic E-state index is 12.3. The Hall–Kier alpha value is -4.55. The number of nitrogens with one attached hydrogen (secondary N) is 4. The highest BCUT2D eigenvalue weighted by Gasteiger charge is 2.22. The molecule has 0 spiro atoms. The van der Waals surface area contributed by atoms with Gasteiger partial charge in [0.15, 0.2) is 0 Å². The molecule has 4 amide bonds. The first kappa shape index (κ1) is 25.7. The summed E-state index contributed by atoms with van der Waals surface area (Å²) in [5.41, 5.74) is 0.780. The Kier molecular flexibility index (Phi) is 9.91. The van der Waals surface area contributed by atoms with Gasteiger partial charge < -0.3 is 41.0 Å². The number of aliphatic carboxylic acids is 1. The number of carbonyl (C=O) groups is 4. The lowest BCUT2D eigenvalue weighted by molar-refractivity contribution is -0.139. The van der Waals surface area contributed by atoms with Crippen molar-refractivity contribution in [2.75, 3.05) is 26.8 Å². The van der Waals surface area contributed by atoms with Gasteiger partial charge in [-0.3, -0.25) is 9.78 Å². The Morgan fingerprint density at radius 2 is 1.79 bits per heavy atom. The number of pyridine rings is 1. The highest BCUT2D eigenvalue weighted by Crippen LogP contribution is 2.23. The van der Waals surface area contributed by atoms with Crippen molar-refractivity contribution in [2.45, 2.75) is 12.6 Å². The molecular weight excluding hydrogens is 450 g/mol. The predicted molar refractivity (Wildman–Crippen MR) is 117 cm³/mol. The van der Waals surface area contributed by atoms with Crippen LogP contribution in [0.25, 0.3) is 0 Å². The number of carboxylic acid groups (broad SMARTS) is 1. The van der Waals surface area contributed by atoms with E-state index in [1.165, 1.54) is 18.2 Å². The van der Waals surface area contributed by atoms with Gasteiger partial charge in [-0.2, -0.15) is 0 Å². The first-order chi connectivity index (χ1) is 16.3. The van der Waals surface area contributed by atoms with Gasteiger partial charge in [-0.1, -0.05) is 0 Å². The molecule has 0 saturated heterocycles. The summed E-state index contributed by atoms with van der Waals surface area (Å²) in [6.45, 7) is 0.205. The molecule has 1 atom stereocenters. The summed E-state index contributed by atoms with van der Waals surface area (Å²) in [4.78, 5) is 50.3. The van der Waals surface area contributed by atoms with Crippen molar-refractivity contribution in [3.8, 4) is 11.5 Å². The zero-order chi connectivity index (χ0) is 24.9. The van der Waals surface area contributed by atoms with Crippen LogP contribution in [0.2, 0.25) is 0 Å². The number of methoxy groups -OCH3 is 1. The van der Waals surface area contributed by atoms with Crippen LogP contribution in [-0.2, 0) is 16.1 Å². The molecule has 0 aliphatic rings. The predicted octanol–water partition coefficient (Wildman–Crippen LogP) is 0.204. The minimum absolute atomic E-state index is 0.104. The first-order valence-corrected chi connectivity index (χ1v) is 10.0. The lowest BCUT2D eigenvalue weighted by Crippen LogP contribution is -2.48. The molecule has 6 N–H and O–H groups in total. The number of hydrogen-bond donors (Lipinski definition) is 6. The Morgan fingerprint density at radius 1 is 1.06 bits per heavy atom. The third kappa shape index (κ3) is 8.53. The maximum atomic E-state index is 12.3. The van der Waals surface area contributed by atoms with E-state index in [4.69, 9.17) is 9.84 Å². The Labute approximate surface area is 194 Å². The van der Waals surface area contributed by atoms with Gasteiger partial charge in [0.05, 0.1) is 19.2 Å². The van der Waals surface area contributed by atoms with Crippen LogP contribution in [-0.4, -0.2) is 72.0 Å². The molecule has 182 valence electrons. The van der Waals surface area contributed by atoms with Crippen LogP contribution in [0.1, 0.15) is 15.9 Å². The summed E-state index contributed by atoms with van der Waals surface area (Å²) >= 11 is 0. The number of phenolic OH excluding ortho intramolecular Hbond substituents is 1. The fourth-order valence-electron chi connectivity index (χ4n) is 2.56. The highest BCUT2D eigenvalue weighted by molar-refractivity contribution is 5.97. The largest absolute Gasteiger partial charge is 0.507 e. The van der Waals surface area contributed by atoms with E-state index >= 15 is 0 Å². The van der Waals surface area contributed by atoms with Crippen LogP contribution in [0.4, 0.5) is 9.59 Å². The summed E-state index contributed by atoms with van der Waals surface area (Å²) in [7, 11) is 1.07. The molecule has 13 nitrogen and oxygen atoms in total. The van der Waals surface area contributed by atoms with Crippen molar-refractivity contribution in [3.63, 3.8) is 0 Å². The second kappa shape index (κ2) is 13.1. The van der Waals surface area contributed by atoms with Crippen LogP contribution >= 0.6 is 0 Å². The van der Waals surface area contributed by atoms with Crippen molar-refractivity contribution in [3.05, 3.63) is 53.9 Å². The molecule has 13 heteroatoms. The second-order valence-corrected chi connectivity index (χ2v) is 6.73. The minimum atomic E-state index is -1.42. The number of amides is 4. The van der Waals surface area contributed by atoms with Crippen molar-refractivity contribution in [1.29, 1.82) is 0 Å². The fourth-order valence-corrected chi connectivity index (χ4v) is 2.56. The van der Waals surface area contributed by atoms with E-state index in [2.05, 4.69) is 31.0 Å². The quantitative estimate of drug-likeness (QED) is 0.247. The Balaban J connectivity index is 1.76. The van der Waals surface area contributed by atoms with Crippen LogP contribution < -0.4 is 26.0 Å². The number of aromatic hydroxyl groups is 1. The third-order valence-electron chi connectivity index (χ3n) is 4.31. The number of hydrogen-bond acceptors (Lipinski definition) is 8. The van der Waals surface area contributed by atoms with E-state index in [1.54, 1.807) is 24.5 Å². The summed E-state index contributed by atoms with van der Waals surface area (Å²) in [5.74, 6) is -2.28. The normalized spacial score (nSPS) is 11.0. The molecule has 2 aromatic rings. The molecule has 2 rings (SSSR count). The lowest BCUT2D eigenvalue weighted by atomic mass is 10.1. The molecular formula is C21H25N5O8. The molecule has 0 unspecified atom stereocenters. The van der Waals surface area contributed by atoms with Gasteiger partial charge in [0.2, 0.25) is 0 Å². The van der Waals surface area contributed by atoms with E-state index < -0.39 is 36.3 Å². The van der Waals surface area contributed by atoms with E-state index in [1.807, 2.05) is 0 Å². The molecule has 1 aromatic carbocycles. The number of phenols is 1. The molecule has 0 saturated carbocycles. The monoisotopic (exact) mass is 475 g/mol. The van der Waals surface area contributed by atoms with E-state index in [0.717, 1.165) is 12.7 Å². The van der Waals surface area contributed by atoms with Crippen molar-refractivity contribution in [2.24, 2.45) is 0 Å². The van der Waals surface area contributed by atoms with E-state index in [0.29, 0.717) is 6.54 Å². The van der Waals surface area contributed by atoms with Gasteiger partial charge >= 0.3 is 18.1 Å². The van der Waals surface area contributed by atoms with Crippen LogP contribution in [0.3, 0.4) is 0 Å². The Bertz CT molecular complexity index is 1000. The number of aromatic nitrogens is 1. The number of alkyl carbamates (subject to hydrolysis) is 1. The third-order valence-corrected chi connectivity index (χ3v) is 4.31. The van der Waals surface area contributed by atoms with E-state index in [9.17, 15) is 24.3 Å². The first-order valence-electron chi connectivity index (χ1n) is 10.0. The summed E-state index contributed by atoms with van der Waals surface area (Å²) in [5, 5.41) is 28.9. The number of carboxylic acids is 1. The number of rotatable bonds is 11.